The summed E-state index contributed by atoms with van der Waals surface area (Å²) >= 11 is 0. The topological polar surface area (TPSA) is 29.5 Å². The highest BCUT2D eigenvalue weighted by Gasteiger charge is 2.38. The van der Waals surface area contributed by atoms with Crippen molar-refractivity contribution in [2.45, 2.75) is 5.60 Å². The Morgan fingerprint density at radius 3 is 1.37 bits per heavy atom. The fourth-order valence-corrected chi connectivity index (χ4v) is 3.42. The summed E-state index contributed by atoms with van der Waals surface area (Å²) in [5, 5.41) is 9.94. The number of phenols is 1. The smallest absolute Gasteiger partial charge is 0.184 e. The van der Waals surface area contributed by atoms with Crippen LogP contribution in [0.4, 0.5) is 0 Å². The lowest BCUT2D eigenvalue weighted by Gasteiger charge is -2.36. The number of hydrogen-bond acceptors (Lipinski definition) is 2. The van der Waals surface area contributed by atoms with Gasteiger partial charge < -0.3 is 9.84 Å². The van der Waals surface area contributed by atoms with Gasteiger partial charge in [-0.25, -0.2) is 0 Å². The summed E-state index contributed by atoms with van der Waals surface area (Å²) in [5.41, 5.74) is 2.22. The molecule has 0 aliphatic heterocycles. The van der Waals surface area contributed by atoms with E-state index in [-0.39, 0.29) is 5.75 Å². The van der Waals surface area contributed by atoms with E-state index in [9.17, 15) is 5.11 Å². The molecule has 0 fully saturated rings. The van der Waals surface area contributed by atoms with Crippen LogP contribution in [-0.4, -0.2) is 5.11 Å². The molecule has 0 spiro atoms. The fourth-order valence-electron chi connectivity index (χ4n) is 3.42. The average molecular weight is 352 g/mol. The maximum atomic E-state index is 9.94. The van der Waals surface area contributed by atoms with Crippen LogP contribution in [0.3, 0.4) is 0 Å². The van der Waals surface area contributed by atoms with Crippen molar-refractivity contribution in [1.29, 1.82) is 0 Å². The van der Waals surface area contributed by atoms with Crippen LogP contribution in [0.5, 0.6) is 11.5 Å². The second-order valence-electron chi connectivity index (χ2n) is 6.38. The fraction of sp³-hybridized carbons (Fsp3) is 0.0400. The highest BCUT2D eigenvalue weighted by molar-refractivity contribution is 5.49. The first-order valence-electron chi connectivity index (χ1n) is 8.94. The van der Waals surface area contributed by atoms with Crippen LogP contribution in [-0.2, 0) is 5.60 Å². The average Bonchev–Trinajstić information content (AvgIpc) is 2.74. The summed E-state index contributed by atoms with van der Waals surface area (Å²) in [6.45, 7) is 0. The first-order valence-corrected chi connectivity index (χ1v) is 8.94. The summed E-state index contributed by atoms with van der Waals surface area (Å²) in [4.78, 5) is 0. The molecule has 2 heteroatoms. The van der Waals surface area contributed by atoms with Gasteiger partial charge in [0.15, 0.2) is 5.60 Å². The van der Waals surface area contributed by atoms with Crippen LogP contribution in [0.1, 0.15) is 16.7 Å². The van der Waals surface area contributed by atoms with Gasteiger partial charge in [-0.05, 0) is 12.1 Å². The zero-order chi connectivity index (χ0) is 18.5. The lowest BCUT2D eigenvalue weighted by Crippen LogP contribution is -2.36. The first-order chi connectivity index (χ1) is 13.3. The van der Waals surface area contributed by atoms with Crippen LogP contribution in [0, 0.1) is 0 Å². The Morgan fingerprint density at radius 2 is 0.963 bits per heavy atom. The maximum Gasteiger partial charge on any atom is 0.184 e. The van der Waals surface area contributed by atoms with Crippen molar-refractivity contribution in [2.75, 3.05) is 0 Å². The van der Waals surface area contributed by atoms with Gasteiger partial charge in [0.1, 0.15) is 11.5 Å². The minimum atomic E-state index is -0.836. The third-order valence-electron chi connectivity index (χ3n) is 4.63. The predicted molar refractivity (Wildman–Crippen MR) is 108 cm³/mol. The van der Waals surface area contributed by atoms with Gasteiger partial charge in [0.2, 0.25) is 0 Å². The molecule has 0 radical (unpaired) electrons. The zero-order valence-electron chi connectivity index (χ0n) is 14.8. The van der Waals surface area contributed by atoms with Crippen LogP contribution in [0.2, 0.25) is 0 Å². The van der Waals surface area contributed by atoms with Crippen molar-refractivity contribution >= 4 is 0 Å². The highest BCUT2D eigenvalue weighted by atomic mass is 16.5. The van der Waals surface area contributed by atoms with E-state index in [0.29, 0.717) is 5.75 Å². The van der Waals surface area contributed by atoms with Gasteiger partial charge in [-0.2, -0.15) is 0 Å². The SMILES string of the molecule is Oc1cccc(OC(c2ccccc2)(c2ccccc2)c2ccccc2)c1. The van der Waals surface area contributed by atoms with Gasteiger partial charge in [-0.15, -0.1) is 0 Å². The number of rotatable bonds is 5. The molecule has 1 N–H and O–H groups in total. The van der Waals surface area contributed by atoms with E-state index >= 15 is 0 Å². The monoisotopic (exact) mass is 352 g/mol. The molecule has 4 aromatic carbocycles. The maximum absolute atomic E-state index is 9.94. The van der Waals surface area contributed by atoms with Gasteiger partial charge in [-0.3, -0.25) is 0 Å². The molecule has 0 aliphatic rings. The molecule has 27 heavy (non-hydrogen) atoms. The van der Waals surface area contributed by atoms with E-state index in [4.69, 9.17) is 4.74 Å². The molecule has 0 bridgehead atoms. The van der Waals surface area contributed by atoms with Gasteiger partial charge in [0, 0.05) is 22.8 Å². The Morgan fingerprint density at radius 1 is 0.519 bits per heavy atom. The normalized spacial score (nSPS) is 11.1. The van der Waals surface area contributed by atoms with Crippen LogP contribution in [0.15, 0.2) is 115 Å². The third-order valence-corrected chi connectivity index (χ3v) is 4.63. The Labute approximate surface area is 159 Å². The molecule has 2 nitrogen and oxygen atoms in total. The van der Waals surface area contributed by atoms with Crippen LogP contribution >= 0.6 is 0 Å². The largest absolute Gasteiger partial charge is 0.508 e. The van der Waals surface area contributed by atoms with Crippen molar-refractivity contribution in [3.63, 3.8) is 0 Å². The summed E-state index contributed by atoms with van der Waals surface area (Å²) in [6.07, 6.45) is 0. The molecule has 0 saturated carbocycles. The first kappa shape index (κ1) is 16.9. The molecule has 0 atom stereocenters. The Kier molecular flexibility index (Phi) is 4.63. The van der Waals surface area contributed by atoms with Crippen LogP contribution < -0.4 is 4.74 Å². The molecule has 0 amide bonds. The summed E-state index contributed by atoms with van der Waals surface area (Å²) in [5.74, 6) is 0.780. The van der Waals surface area contributed by atoms with E-state index in [1.165, 1.54) is 0 Å². The number of ether oxygens (including phenoxy) is 1. The summed E-state index contributed by atoms with van der Waals surface area (Å²) in [6, 6.07) is 37.5. The van der Waals surface area contributed by atoms with Crippen molar-refractivity contribution in [2.24, 2.45) is 0 Å². The lowest BCUT2D eigenvalue weighted by atomic mass is 9.80. The second kappa shape index (κ2) is 7.38. The van der Waals surface area contributed by atoms with E-state index in [2.05, 4.69) is 36.4 Å². The second-order valence-corrected chi connectivity index (χ2v) is 6.38. The Bertz CT molecular complexity index is 899. The zero-order valence-corrected chi connectivity index (χ0v) is 14.8. The number of hydrogen-bond donors (Lipinski definition) is 1. The quantitative estimate of drug-likeness (QED) is 0.463. The highest BCUT2D eigenvalue weighted by Crippen LogP contribution is 2.41. The van der Waals surface area contributed by atoms with Gasteiger partial charge >= 0.3 is 0 Å². The van der Waals surface area contributed by atoms with Gasteiger partial charge in [0.25, 0.3) is 0 Å². The molecule has 4 rings (SSSR count). The van der Waals surface area contributed by atoms with Gasteiger partial charge in [-0.1, -0.05) is 97.1 Å². The molecule has 0 aromatic heterocycles. The minimum Gasteiger partial charge on any atom is -0.508 e. The molecular formula is C25H20O2. The number of aromatic hydroxyl groups is 1. The number of benzene rings is 4. The van der Waals surface area contributed by atoms with Crippen LogP contribution in [0.25, 0.3) is 0 Å². The van der Waals surface area contributed by atoms with E-state index in [0.717, 1.165) is 16.7 Å². The molecule has 0 saturated heterocycles. The standard InChI is InChI=1S/C25H20O2/c26-23-17-10-18-24(19-23)27-25(20-11-4-1-5-12-20,21-13-6-2-7-14-21)22-15-8-3-9-16-22/h1-19,26H. The summed E-state index contributed by atoms with van der Waals surface area (Å²) in [7, 11) is 0. The molecule has 132 valence electrons. The Balaban J connectivity index is 2.00. The van der Waals surface area contributed by atoms with E-state index < -0.39 is 5.60 Å². The molecule has 0 aliphatic carbocycles. The van der Waals surface area contributed by atoms with Crippen molar-refractivity contribution in [3.05, 3.63) is 132 Å². The van der Waals surface area contributed by atoms with Gasteiger partial charge in [0.05, 0.1) is 0 Å². The Hall–Kier alpha value is -3.52. The minimum absolute atomic E-state index is 0.176. The van der Waals surface area contributed by atoms with Crippen molar-refractivity contribution in [3.8, 4) is 11.5 Å². The predicted octanol–water partition coefficient (Wildman–Crippen LogP) is 5.76. The molecule has 0 heterocycles. The number of phenolic OH excluding ortho intramolecular Hbond substituents is 1. The van der Waals surface area contributed by atoms with E-state index in [1.807, 2.05) is 60.7 Å². The summed E-state index contributed by atoms with van der Waals surface area (Å²) < 4.78 is 6.68. The molecular weight excluding hydrogens is 332 g/mol. The molecule has 4 aromatic rings. The third kappa shape index (κ3) is 3.30. The van der Waals surface area contributed by atoms with Crippen molar-refractivity contribution in [1.82, 2.24) is 0 Å². The van der Waals surface area contributed by atoms with E-state index in [1.54, 1.807) is 18.2 Å². The van der Waals surface area contributed by atoms with Crippen molar-refractivity contribution < 1.29 is 9.84 Å². The molecule has 0 unspecified atom stereocenters. The lowest BCUT2D eigenvalue weighted by molar-refractivity contribution is 0.155.